The monoisotopic (exact) mass is 312 g/mol. The first-order valence-electron chi connectivity index (χ1n) is 7.48. The van der Waals surface area contributed by atoms with Crippen molar-refractivity contribution >= 4 is 17.5 Å². The quantitative estimate of drug-likeness (QED) is 0.947. The third kappa shape index (κ3) is 2.59. The van der Waals surface area contributed by atoms with Crippen molar-refractivity contribution < 1.29 is 14.0 Å². The molecule has 2 aromatic rings. The molecule has 0 saturated heterocycles. The van der Waals surface area contributed by atoms with E-state index in [9.17, 15) is 14.0 Å². The molecule has 0 aliphatic heterocycles. The molecule has 0 aromatic heterocycles. The molecule has 5 heteroatoms. The largest absolute Gasteiger partial charge is 0.366 e. The Labute approximate surface area is 133 Å². The number of aryl methyl sites for hydroxylation is 1. The SMILES string of the molecule is CN(C(=O)c1cccc2c1CCC2)c1c(F)cccc1C(N)=O. The average molecular weight is 312 g/mol. The molecule has 2 aromatic carbocycles. The van der Waals surface area contributed by atoms with Crippen LogP contribution < -0.4 is 10.6 Å². The van der Waals surface area contributed by atoms with Crippen molar-refractivity contribution in [2.75, 3.05) is 11.9 Å². The predicted octanol–water partition coefficient (Wildman–Crippen LogP) is 2.69. The minimum atomic E-state index is -0.766. The summed E-state index contributed by atoms with van der Waals surface area (Å²) in [5.41, 5.74) is 7.95. The van der Waals surface area contributed by atoms with Crippen molar-refractivity contribution in [3.8, 4) is 0 Å². The number of carbonyl (C=O) groups is 2. The third-order valence-electron chi connectivity index (χ3n) is 4.27. The van der Waals surface area contributed by atoms with Crippen LogP contribution in [-0.2, 0) is 12.8 Å². The average Bonchev–Trinajstić information content (AvgIpc) is 3.01. The molecular weight excluding hydrogens is 295 g/mol. The summed E-state index contributed by atoms with van der Waals surface area (Å²) in [6, 6.07) is 9.62. The van der Waals surface area contributed by atoms with Gasteiger partial charge >= 0.3 is 0 Å². The molecule has 0 bridgehead atoms. The highest BCUT2D eigenvalue weighted by Gasteiger charge is 2.25. The van der Waals surface area contributed by atoms with Crippen LogP contribution in [0.4, 0.5) is 10.1 Å². The van der Waals surface area contributed by atoms with Gasteiger partial charge in [0.15, 0.2) is 0 Å². The zero-order valence-electron chi connectivity index (χ0n) is 12.8. The Bertz CT molecular complexity index is 802. The van der Waals surface area contributed by atoms with Crippen molar-refractivity contribution in [3.63, 3.8) is 0 Å². The van der Waals surface area contributed by atoms with Gasteiger partial charge in [0.1, 0.15) is 5.82 Å². The van der Waals surface area contributed by atoms with E-state index in [1.165, 1.54) is 30.1 Å². The van der Waals surface area contributed by atoms with Crippen LogP contribution in [-0.4, -0.2) is 18.9 Å². The van der Waals surface area contributed by atoms with Gasteiger partial charge in [0.2, 0.25) is 0 Å². The number of benzene rings is 2. The fourth-order valence-electron chi connectivity index (χ4n) is 3.16. The summed E-state index contributed by atoms with van der Waals surface area (Å²) in [7, 11) is 1.46. The van der Waals surface area contributed by atoms with Crippen LogP contribution in [0.15, 0.2) is 36.4 Å². The van der Waals surface area contributed by atoms with E-state index < -0.39 is 11.7 Å². The summed E-state index contributed by atoms with van der Waals surface area (Å²) in [6.07, 6.45) is 2.80. The Hall–Kier alpha value is -2.69. The Kier molecular flexibility index (Phi) is 3.86. The number of primary amides is 1. The minimum Gasteiger partial charge on any atom is -0.366 e. The van der Waals surface area contributed by atoms with Crippen molar-refractivity contribution in [1.82, 2.24) is 0 Å². The number of anilines is 1. The van der Waals surface area contributed by atoms with Crippen LogP contribution in [0.2, 0.25) is 0 Å². The van der Waals surface area contributed by atoms with Crippen molar-refractivity contribution in [2.45, 2.75) is 19.3 Å². The fraction of sp³-hybridized carbons (Fsp3) is 0.222. The molecule has 0 radical (unpaired) electrons. The number of fused-ring (bicyclic) bond motifs is 1. The second kappa shape index (κ2) is 5.83. The standard InChI is InChI=1S/C18H17FN2O2/c1-21(16-14(17(20)22)9-4-10-15(16)19)18(23)13-8-3-6-11-5-2-7-12(11)13/h3-4,6,8-10H,2,5,7H2,1H3,(H2,20,22). The lowest BCUT2D eigenvalue weighted by molar-refractivity contribution is 0.0990. The maximum Gasteiger partial charge on any atom is 0.258 e. The Balaban J connectivity index is 2.05. The Morgan fingerprint density at radius 2 is 1.78 bits per heavy atom. The highest BCUT2D eigenvalue weighted by Crippen LogP contribution is 2.29. The van der Waals surface area contributed by atoms with Gasteiger partial charge in [-0.1, -0.05) is 18.2 Å². The minimum absolute atomic E-state index is 0.00609. The first-order valence-corrected chi connectivity index (χ1v) is 7.48. The summed E-state index contributed by atoms with van der Waals surface area (Å²) in [4.78, 5) is 25.6. The molecule has 23 heavy (non-hydrogen) atoms. The number of rotatable bonds is 3. The first kappa shape index (κ1) is 15.2. The molecule has 3 rings (SSSR count). The van der Waals surface area contributed by atoms with Crippen LogP contribution >= 0.6 is 0 Å². The zero-order chi connectivity index (χ0) is 16.6. The van der Waals surface area contributed by atoms with Crippen LogP contribution in [0, 0.1) is 5.82 Å². The normalized spacial score (nSPS) is 12.8. The van der Waals surface area contributed by atoms with E-state index in [1.807, 2.05) is 12.1 Å². The number of amides is 2. The van der Waals surface area contributed by atoms with E-state index in [2.05, 4.69) is 0 Å². The number of nitrogens with zero attached hydrogens (tertiary/aromatic N) is 1. The van der Waals surface area contributed by atoms with Gasteiger partial charge in [0.25, 0.3) is 11.8 Å². The third-order valence-corrected chi connectivity index (χ3v) is 4.27. The topological polar surface area (TPSA) is 63.4 Å². The smallest absolute Gasteiger partial charge is 0.258 e. The van der Waals surface area contributed by atoms with Crippen LogP contribution in [0.3, 0.4) is 0 Å². The van der Waals surface area contributed by atoms with E-state index in [1.54, 1.807) is 6.07 Å². The maximum atomic E-state index is 14.2. The number of hydrogen-bond acceptors (Lipinski definition) is 2. The molecule has 0 atom stereocenters. The lowest BCUT2D eigenvalue weighted by atomic mass is 10.0. The summed E-state index contributed by atoms with van der Waals surface area (Å²) in [5, 5.41) is 0. The molecule has 0 spiro atoms. The van der Waals surface area contributed by atoms with E-state index >= 15 is 0 Å². The first-order chi connectivity index (χ1) is 11.0. The van der Waals surface area contributed by atoms with Gasteiger partial charge in [0.05, 0.1) is 11.3 Å². The van der Waals surface area contributed by atoms with Crippen molar-refractivity contribution in [1.29, 1.82) is 0 Å². The van der Waals surface area contributed by atoms with Crippen molar-refractivity contribution in [3.05, 3.63) is 64.5 Å². The molecule has 0 fully saturated rings. The number of nitrogens with two attached hydrogens (primary N) is 1. The molecule has 1 aliphatic rings. The molecule has 0 saturated carbocycles. The van der Waals surface area contributed by atoms with Gasteiger partial charge in [0, 0.05) is 12.6 Å². The Morgan fingerprint density at radius 1 is 1.09 bits per heavy atom. The summed E-state index contributed by atoms with van der Waals surface area (Å²) in [5.74, 6) is -1.75. The molecule has 1 aliphatic carbocycles. The maximum absolute atomic E-state index is 14.2. The highest BCUT2D eigenvalue weighted by atomic mass is 19.1. The highest BCUT2D eigenvalue weighted by molar-refractivity contribution is 6.10. The summed E-state index contributed by atoms with van der Waals surface area (Å²) < 4.78 is 14.2. The molecule has 2 N–H and O–H groups in total. The summed E-state index contributed by atoms with van der Waals surface area (Å²) >= 11 is 0. The van der Waals surface area contributed by atoms with E-state index in [0.29, 0.717) is 5.56 Å². The number of carbonyl (C=O) groups excluding carboxylic acids is 2. The lowest BCUT2D eigenvalue weighted by Crippen LogP contribution is -2.30. The molecule has 118 valence electrons. The van der Waals surface area contributed by atoms with Gasteiger partial charge in [-0.25, -0.2) is 4.39 Å². The van der Waals surface area contributed by atoms with Crippen molar-refractivity contribution in [2.24, 2.45) is 5.73 Å². The van der Waals surface area contributed by atoms with Crippen LogP contribution in [0.25, 0.3) is 0 Å². The number of hydrogen-bond donors (Lipinski definition) is 1. The number of para-hydroxylation sites is 1. The number of halogens is 1. The van der Waals surface area contributed by atoms with Crippen LogP contribution in [0.1, 0.15) is 38.3 Å². The summed E-state index contributed by atoms with van der Waals surface area (Å²) in [6.45, 7) is 0. The van der Waals surface area contributed by atoms with Gasteiger partial charge in [-0.3, -0.25) is 9.59 Å². The van der Waals surface area contributed by atoms with E-state index in [0.717, 1.165) is 30.4 Å². The molecule has 4 nitrogen and oxygen atoms in total. The second-order valence-corrected chi connectivity index (χ2v) is 5.66. The Morgan fingerprint density at radius 3 is 2.52 bits per heavy atom. The van der Waals surface area contributed by atoms with Crippen LogP contribution in [0.5, 0.6) is 0 Å². The van der Waals surface area contributed by atoms with Gasteiger partial charge in [-0.05, 0) is 48.6 Å². The lowest BCUT2D eigenvalue weighted by Gasteiger charge is -2.21. The molecule has 0 heterocycles. The second-order valence-electron chi connectivity index (χ2n) is 5.66. The van der Waals surface area contributed by atoms with Gasteiger partial charge in [-0.15, -0.1) is 0 Å². The zero-order valence-corrected chi connectivity index (χ0v) is 12.8. The van der Waals surface area contributed by atoms with Gasteiger partial charge in [-0.2, -0.15) is 0 Å². The predicted molar refractivity (Wildman–Crippen MR) is 86.1 cm³/mol. The van der Waals surface area contributed by atoms with Gasteiger partial charge < -0.3 is 10.6 Å². The molecular formula is C18H17FN2O2. The molecule has 2 amide bonds. The fourth-order valence-corrected chi connectivity index (χ4v) is 3.16. The molecule has 0 unspecified atom stereocenters. The van der Waals surface area contributed by atoms with E-state index in [4.69, 9.17) is 5.73 Å². The van der Waals surface area contributed by atoms with E-state index in [-0.39, 0.29) is 17.2 Å².